The molecule has 0 bridgehead atoms. The Morgan fingerprint density at radius 2 is 1.31 bits per heavy atom. The van der Waals surface area contributed by atoms with Crippen LogP contribution in [0.5, 0.6) is 5.75 Å². The van der Waals surface area contributed by atoms with Crippen molar-refractivity contribution in [2.24, 2.45) is 16.7 Å². The third-order valence-electron chi connectivity index (χ3n) is 9.99. The monoisotopic (exact) mass is 480 g/mol. The Balaban J connectivity index is 2.49. The van der Waals surface area contributed by atoms with E-state index in [0.717, 1.165) is 49.7 Å². The molecule has 1 aromatic carbocycles. The lowest BCUT2D eigenvalue weighted by molar-refractivity contribution is 0.239. The number of hydrogen-bond acceptors (Lipinski definition) is 1. The van der Waals surface area contributed by atoms with Crippen molar-refractivity contribution in [3.05, 3.63) is 52.1 Å². The average molecular weight is 481 g/mol. The summed E-state index contributed by atoms with van der Waals surface area (Å²) in [5.74, 6) is 1.10. The van der Waals surface area contributed by atoms with Crippen molar-refractivity contribution in [3.63, 3.8) is 0 Å². The largest absolute Gasteiger partial charge is 0.507 e. The van der Waals surface area contributed by atoms with E-state index in [1.807, 2.05) is 0 Å². The lowest BCUT2D eigenvalue weighted by Gasteiger charge is -2.38. The Labute approximate surface area is 218 Å². The average Bonchev–Trinajstić information content (AvgIpc) is 2.82. The van der Waals surface area contributed by atoms with E-state index in [1.165, 1.54) is 17.6 Å². The molecule has 0 amide bonds. The van der Waals surface area contributed by atoms with Crippen molar-refractivity contribution in [1.82, 2.24) is 0 Å². The molecule has 1 aliphatic rings. The van der Waals surface area contributed by atoms with Crippen LogP contribution >= 0.6 is 0 Å². The SMILES string of the molecule is CCC(C)(C)C1=CC(C(C)(C)CC)CC(CCc2cc(C(C)(C)CC)cc(C(C)(C)CC)c2O)=C1. The van der Waals surface area contributed by atoms with Gasteiger partial charge in [-0.05, 0) is 82.8 Å². The number of aryl methyl sites for hydroxylation is 1. The Kier molecular flexibility index (Phi) is 9.22. The van der Waals surface area contributed by atoms with E-state index in [2.05, 4.69) is 107 Å². The van der Waals surface area contributed by atoms with E-state index in [9.17, 15) is 5.11 Å². The molecule has 1 heteroatoms. The second kappa shape index (κ2) is 10.9. The molecule has 1 N–H and O–H groups in total. The second-order valence-electron chi connectivity index (χ2n) is 13.8. The number of benzene rings is 1. The van der Waals surface area contributed by atoms with Crippen LogP contribution in [0.1, 0.15) is 138 Å². The molecule has 0 fully saturated rings. The molecule has 0 saturated heterocycles. The Bertz CT molecular complexity index is 936. The number of phenolic OH excluding ortho intramolecular Hbond substituents is 1. The zero-order valence-corrected chi connectivity index (χ0v) is 25.3. The first-order valence-corrected chi connectivity index (χ1v) is 14.3. The molecular formula is C34H56O. The van der Waals surface area contributed by atoms with Crippen molar-refractivity contribution in [2.45, 2.75) is 139 Å². The topological polar surface area (TPSA) is 20.2 Å². The van der Waals surface area contributed by atoms with Crippen LogP contribution in [-0.2, 0) is 17.3 Å². The van der Waals surface area contributed by atoms with Gasteiger partial charge in [-0.2, -0.15) is 0 Å². The molecular weight excluding hydrogens is 424 g/mol. The zero-order chi connectivity index (χ0) is 26.8. The van der Waals surface area contributed by atoms with Gasteiger partial charge in [0.1, 0.15) is 5.75 Å². The van der Waals surface area contributed by atoms with E-state index in [-0.39, 0.29) is 16.2 Å². The van der Waals surface area contributed by atoms with Crippen molar-refractivity contribution < 1.29 is 5.11 Å². The molecule has 35 heavy (non-hydrogen) atoms. The highest BCUT2D eigenvalue weighted by Gasteiger charge is 2.33. The lowest BCUT2D eigenvalue weighted by Crippen LogP contribution is -2.27. The smallest absolute Gasteiger partial charge is 0.122 e. The van der Waals surface area contributed by atoms with Crippen LogP contribution in [0.25, 0.3) is 0 Å². The van der Waals surface area contributed by atoms with Gasteiger partial charge in [0.15, 0.2) is 0 Å². The van der Waals surface area contributed by atoms with Crippen molar-refractivity contribution in [2.75, 3.05) is 0 Å². The van der Waals surface area contributed by atoms with E-state index in [0.29, 0.717) is 17.1 Å². The summed E-state index contributed by atoms with van der Waals surface area (Å²) in [6.45, 7) is 27.9. The number of aromatic hydroxyl groups is 1. The Morgan fingerprint density at radius 3 is 1.83 bits per heavy atom. The van der Waals surface area contributed by atoms with Crippen LogP contribution in [0.15, 0.2) is 35.4 Å². The molecule has 0 saturated carbocycles. The van der Waals surface area contributed by atoms with E-state index < -0.39 is 0 Å². The summed E-state index contributed by atoms with van der Waals surface area (Å²) >= 11 is 0. The third-order valence-corrected chi connectivity index (χ3v) is 9.99. The van der Waals surface area contributed by atoms with Crippen molar-refractivity contribution >= 4 is 0 Å². The first-order chi connectivity index (χ1) is 16.0. The van der Waals surface area contributed by atoms with Gasteiger partial charge in [-0.15, -0.1) is 0 Å². The minimum Gasteiger partial charge on any atom is -0.507 e. The first-order valence-electron chi connectivity index (χ1n) is 14.3. The van der Waals surface area contributed by atoms with Gasteiger partial charge in [0.25, 0.3) is 0 Å². The maximum atomic E-state index is 11.5. The van der Waals surface area contributed by atoms with Gasteiger partial charge < -0.3 is 5.11 Å². The fourth-order valence-corrected chi connectivity index (χ4v) is 4.93. The summed E-state index contributed by atoms with van der Waals surface area (Å²) in [4.78, 5) is 0. The van der Waals surface area contributed by atoms with Crippen molar-refractivity contribution in [3.8, 4) is 5.75 Å². The summed E-state index contributed by atoms with van der Waals surface area (Å²) in [7, 11) is 0. The predicted molar refractivity (Wildman–Crippen MR) is 155 cm³/mol. The minimum absolute atomic E-state index is 0.0416. The minimum atomic E-state index is -0.0416. The van der Waals surface area contributed by atoms with Crippen LogP contribution in [-0.4, -0.2) is 5.11 Å². The third kappa shape index (κ3) is 6.64. The van der Waals surface area contributed by atoms with Gasteiger partial charge >= 0.3 is 0 Å². The Hall–Kier alpha value is -1.50. The molecule has 1 nitrogen and oxygen atoms in total. The molecule has 0 radical (unpaired) electrons. The summed E-state index contributed by atoms with van der Waals surface area (Å²) < 4.78 is 0. The highest BCUT2D eigenvalue weighted by Crippen LogP contribution is 2.45. The predicted octanol–water partition coefficient (Wildman–Crippen LogP) is 10.4. The van der Waals surface area contributed by atoms with Crippen LogP contribution in [0.4, 0.5) is 0 Å². The molecule has 0 aromatic heterocycles. The second-order valence-corrected chi connectivity index (χ2v) is 13.8. The Morgan fingerprint density at radius 1 is 0.743 bits per heavy atom. The maximum absolute atomic E-state index is 11.5. The summed E-state index contributed by atoms with van der Waals surface area (Å²) in [6.07, 6.45) is 12.6. The fourth-order valence-electron chi connectivity index (χ4n) is 4.93. The molecule has 1 unspecified atom stereocenters. The number of allylic oxidation sites excluding steroid dienone is 4. The fraction of sp³-hybridized carbons (Fsp3) is 0.706. The molecule has 198 valence electrons. The van der Waals surface area contributed by atoms with Gasteiger partial charge in [0.05, 0.1) is 0 Å². The lowest BCUT2D eigenvalue weighted by atomic mass is 9.67. The van der Waals surface area contributed by atoms with Crippen LogP contribution in [0.3, 0.4) is 0 Å². The summed E-state index contributed by atoms with van der Waals surface area (Å²) in [5, 5.41) is 11.5. The van der Waals surface area contributed by atoms with E-state index in [1.54, 1.807) is 5.57 Å². The highest BCUT2D eigenvalue weighted by atomic mass is 16.3. The summed E-state index contributed by atoms with van der Waals surface area (Å²) in [5.41, 5.74) is 7.20. The zero-order valence-electron chi connectivity index (χ0n) is 25.3. The summed E-state index contributed by atoms with van der Waals surface area (Å²) in [6, 6.07) is 4.59. The number of rotatable bonds is 11. The molecule has 2 rings (SSSR count). The van der Waals surface area contributed by atoms with Crippen LogP contribution in [0.2, 0.25) is 0 Å². The quantitative estimate of drug-likeness (QED) is 0.334. The van der Waals surface area contributed by atoms with Crippen molar-refractivity contribution in [1.29, 1.82) is 0 Å². The normalized spacial score (nSPS) is 17.9. The molecule has 1 atom stereocenters. The van der Waals surface area contributed by atoms with Gasteiger partial charge in [-0.3, -0.25) is 0 Å². The van der Waals surface area contributed by atoms with Crippen LogP contribution in [0, 0.1) is 16.7 Å². The van der Waals surface area contributed by atoms with Gasteiger partial charge in [-0.25, -0.2) is 0 Å². The van der Waals surface area contributed by atoms with E-state index in [4.69, 9.17) is 0 Å². The van der Waals surface area contributed by atoms with E-state index >= 15 is 0 Å². The van der Waals surface area contributed by atoms with Gasteiger partial charge in [-0.1, -0.05) is 119 Å². The first kappa shape index (κ1) is 29.7. The van der Waals surface area contributed by atoms with Gasteiger partial charge in [0, 0.05) is 5.56 Å². The molecule has 0 heterocycles. The number of hydrogen-bond donors (Lipinski definition) is 1. The number of phenols is 1. The van der Waals surface area contributed by atoms with Crippen LogP contribution < -0.4 is 0 Å². The molecule has 0 spiro atoms. The highest BCUT2D eigenvalue weighted by molar-refractivity contribution is 5.49. The standard InChI is InChI=1S/C34H56O/c1-13-31(5,6)26-19-24(20-27(22-26)32(7,8)14-2)17-18-25-21-28(33(9,10)15-3)23-29(30(25)35)34(11,12)16-4/h19,21-23,27,35H,13-18,20H2,1-12H3. The molecule has 0 aliphatic heterocycles. The maximum Gasteiger partial charge on any atom is 0.122 e. The molecule has 1 aliphatic carbocycles. The molecule has 1 aromatic rings. The van der Waals surface area contributed by atoms with Gasteiger partial charge in [0.2, 0.25) is 0 Å².